The SMILES string of the molecule is Cc1[nH]c2ccccc2c1C(=O)C(=O)NCC1CC(=O)N(Cc2ccc(F)cc2)C1. The van der Waals surface area contributed by atoms with Crippen LogP contribution in [0.3, 0.4) is 0 Å². The van der Waals surface area contributed by atoms with Gasteiger partial charge in [-0.05, 0) is 30.7 Å². The fourth-order valence-corrected chi connectivity index (χ4v) is 3.95. The van der Waals surface area contributed by atoms with Crippen molar-refractivity contribution in [3.05, 3.63) is 71.2 Å². The lowest BCUT2D eigenvalue weighted by atomic mass is 10.1. The fourth-order valence-electron chi connectivity index (χ4n) is 3.95. The number of aryl methyl sites for hydroxylation is 1. The van der Waals surface area contributed by atoms with E-state index in [2.05, 4.69) is 10.3 Å². The molecular weight excluding hydrogens is 385 g/mol. The number of halogens is 1. The molecule has 4 rings (SSSR count). The Labute approximate surface area is 173 Å². The summed E-state index contributed by atoms with van der Waals surface area (Å²) in [6.07, 6.45) is 0.307. The predicted octanol–water partition coefficient (Wildman–Crippen LogP) is 2.96. The Bertz CT molecular complexity index is 1120. The molecule has 0 saturated carbocycles. The van der Waals surface area contributed by atoms with Gasteiger partial charge in [-0.2, -0.15) is 0 Å². The fraction of sp³-hybridized carbons (Fsp3) is 0.261. The quantitative estimate of drug-likeness (QED) is 0.487. The van der Waals surface area contributed by atoms with Crippen LogP contribution in [-0.2, 0) is 16.1 Å². The highest BCUT2D eigenvalue weighted by molar-refractivity contribution is 6.45. The second-order valence-electron chi connectivity index (χ2n) is 7.68. The number of aromatic nitrogens is 1. The second kappa shape index (κ2) is 8.10. The number of ketones is 1. The predicted molar refractivity (Wildman–Crippen MR) is 110 cm³/mol. The number of aromatic amines is 1. The molecule has 1 atom stereocenters. The molecule has 7 heteroatoms. The number of nitrogens with zero attached hydrogens (tertiary/aromatic N) is 1. The zero-order valence-corrected chi connectivity index (χ0v) is 16.6. The lowest BCUT2D eigenvalue weighted by molar-refractivity contribution is -0.128. The number of fused-ring (bicyclic) bond motifs is 1. The van der Waals surface area contributed by atoms with Crippen molar-refractivity contribution >= 4 is 28.5 Å². The van der Waals surface area contributed by atoms with Gasteiger partial charge in [0.05, 0.1) is 5.56 Å². The Kier molecular flexibility index (Phi) is 5.35. The second-order valence-corrected chi connectivity index (χ2v) is 7.68. The molecule has 0 bridgehead atoms. The summed E-state index contributed by atoms with van der Waals surface area (Å²) in [6, 6.07) is 13.4. The molecule has 154 valence electrons. The molecular formula is C23H22FN3O3. The van der Waals surface area contributed by atoms with E-state index in [1.54, 1.807) is 24.0 Å². The molecule has 0 spiro atoms. The molecule has 6 nitrogen and oxygen atoms in total. The van der Waals surface area contributed by atoms with Crippen molar-refractivity contribution in [1.82, 2.24) is 15.2 Å². The summed E-state index contributed by atoms with van der Waals surface area (Å²) in [5.74, 6) is -1.66. The zero-order valence-electron chi connectivity index (χ0n) is 16.6. The molecule has 3 aromatic rings. The van der Waals surface area contributed by atoms with Gasteiger partial charge in [0.1, 0.15) is 5.82 Å². The van der Waals surface area contributed by atoms with Crippen molar-refractivity contribution in [3.8, 4) is 0 Å². The molecule has 2 heterocycles. The molecule has 1 aliphatic rings. The average molecular weight is 407 g/mol. The van der Waals surface area contributed by atoms with E-state index in [1.807, 2.05) is 24.3 Å². The summed E-state index contributed by atoms with van der Waals surface area (Å²) < 4.78 is 13.0. The van der Waals surface area contributed by atoms with Gasteiger partial charge >= 0.3 is 0 Å². The Morgan fingerprint density at radius 3 is 2.67 bits per heavy atom. The Hall–Kier alpha value is -3.48. The van der Waals surface area contributed by atoms with Crippen molar-refractivity contribution in [2.24, 2.45) is 5.92 Å². The van der Waals surface area contributed by atoms with E-state index in [4.69, 9.17) is 0 Å². The molecule has 2 amide bonds. The number of carbonyl (C=O) groups is 3. The van der Waals surface area contributed by atoms with Crippen LogP contribution in [0.25, 0.3) is 10.9 Å². The number of hydrogen-bond acceptors (Lipinski definition) is 3. The van der Waals surface area contributed by atoms with E-state index in [0.717, 1.165) is 16.5 Å². The van der Waals surface area contributed by atoms with E-state index in [9.17, 15) is 18.8 Å². The number of likely N-dealkylation sites (tertiary alicyclic amines) is 1. The van der Waals surface area contributed by atoms with Crippen LogP contribution < -0.4 is 5.32 Å². The summed E-state index contributed by atoms with van der Waals surface area (Å²) in [6.45, 7) is 2.90. The standard InChI is InChI=1S/C23H22FN3O3/c1-14-21(18-4-2-3-5-19(18)26-14)22(29)23(30)25-11-16-10-20(28)27(13-16)12-15-6-8-17(24)9-7-15/h2-9,16,26H,10-13H2,1H3,(H,25,30). The van der Waals surface area contributed by atoms with Crippen molar-refractivity contribution in [2.45, 2.75) is 19.9 Å². The number of para-hydroxylation sites is 1. The van der Waals surface area contributed by atoms with Crippen LogP contribution in [0.2, 0.25) is 0 Å². The van der Waals surface area contributed by atoms with Gasteiger partial charge in [-0.3, -0.25) is 14.4 Å². The van der Waals surface area contributed by atoms with E-state index in [1.165, 1.54) is 12.1 Å². The molecule has 0 radical (unpaired) electrons. The van der Waals surface area contributed by atoms with Crippen LogP contribution in [0.1, 0.15) is 28.0 Å². The number of amides is 2. The molecule has 1 fully saturated rings. The highest BCUT2D eigenvalue weighted by Crippen LogP contribution is 2.23. The maximum absolute atomic E-state index is 13.0. The number of nitrogens with one attached hydrogen (secondary N) is 2. The molecule has 30 heavy (non-hydrogen) atoms. The smallest absolute Gasteiger partial charge is 0.292 e. The van der Waals surface area contributed by atoms with Gasteiger partial charge in [0.2, 0.25) is 5.91 Å². The van der Waals surface area contributed by atoms with Gasteiger partial charge in [-0.15, -0.1) is 0 Å². The first kappa shape index (κ1) is 19.8. The average Bonchev–Trinajstić information content (AvgIpc) is 3.25. The number of benzene rings is 2. The van der Waals surface area contributed by atoms with E-state index < -0.39 is 11.7 Å². The third-order valence-electron chi connectivity index (χ3n) is 5.46. The van der Waals surface area contributed by atoms with Crippen LogP contribution in [0.5, 0.6) is 0 Å². The molecule has 0 aliphatic carbocycles. The monoisotopic (exact) mass is 407 g/mol. The maximum Gasteiger partial charge on any atom is 0.292 e. The summed E-state index contributed by atoms with van der Waals surface area (Å²) in [5.41, 5.74) is 2.69. The van der Waals surface area contributed by atoms with Crippen LogP contribution in [0.4, 0.5) is 4.39 Å². The number of carbonyl (C=O) groups excluding carboxylic acids is 3. The Balaban J connectivity index is 1.36. The number of H-pyrrole nitrogens is 1. The van der Waals surface area contributed by atoms with Gasteiger partial charge in [-0.25, -0.2) is 4.39 Å². The van der Waals surface area contributed by atoms with Crippen LogP contribution in [0.15, 0.2) is 48.5 Å². The first-order valence-electron chi connectivity index (χ1n) is 9.84. The van der Waals surface area contributed by atoms with Crippen molar-refractivity contribution in [3.63, 3.8) is 0 Å². The minimum atomic E-state index is -0.674. The highest BCUT2D eigenvalue weighted by Gasteiger charge is 2.31. The lowest BCUT2D eigenvalue weighted by Gasteiger charge is -2.17. The van der Waals surface area contributed by atoms with Crippen molar-refractivity contribution in [1.29, 1.82) is 0 Å². The van der Waals surface area contributed by atoms with Crippen LogP contribution >= 0.6 is 0 Å². The highest BCUT2D eigenvalue weighted by atomic mass is 19.1. The molecule has 2 aromatic carbocycles. The molecule has 1 aromatic heterocycles. The first-order chi connectivity index (χ1) is 14.4. The summed E-state index contributed by atoms with van der Waals surface area (Å²) in [7, 11) is 0. The third-order valence-corrected chi connectivity index (χ3v) is 5.46. The Morgan fingerprint density at radius 1 is 1.17 bits per heavy atom. The molecule has 1 unspecified atom stereocenters. The van der Waals surface area contributed by atoms with E-state index in [0.29, 0.717) is 30.8 Å². The minimum Gasteiger partial charge on any atom is -0.358 e. The maximum atomic E-state index is 13.0. The number of rotatable bonds is 6. The topological polar surface area (TPSA) is 82.3 Å². The molecule has 2 N–H and O–H groups in total. The van der Waals surface area contributed by atoms with Crippen LogP contribution in [-0.4, -0.2) is 40.6 Å². The van der Waals surface area contributed by atoms with Gasteiger partial charge in [0, 0.05) is 48.6 Å². The lowest BCUT2D eigenvalue weighted by Crippen LogP contribution is -2.35. The van der Waals surface area contributed by atoms with E-state index in [-0.39, 0.29) is 24.2 Å². The van der Waals surface area contributed by atoms with Crippen molar-refractivity contribution in [2.75, 3.05) is 13.1 Å². The Morgan fingerprint density at radius 2 is 1.90 bits per heavy atom. The first-order valence-corrected chi connectivity index (χ1v) is 9.84. The third kappa shape index (κ3) is 3.96. The minimum absolute atomic E-state index is 0.0163. The largest absolute Gasteiger partial charge is 0.358 e. The molecule has 1 aliphatic heterocycles. The normalized spacial score (nSPS) is 16.3. The number of hydrogen-bond donors (Lipinski definition) is 2. The van der Waals surface area contributed by atoms with Gasteiger partial charge < -0.3 is 15.2 Å². The van der Waals surface area contributed by atoms with Gasteiger partial charge in [-0.1, -0.05) is 30.3 Å². The summed E-state index contributed by atoms with van der Waals surface area (Å²) in [4.78, 5) is 42.3. The van der Waals surface area contributed by atoms with Crippen LogP contribution in [0, 0.1) is 18.7 Å². The number of Topliss-reactive ketones (excluding diaryl/α,β-unsaturated/α-hetero) is 1. The van der Waals surface area contributed by atoms with Gasteiger partial charge in [0.25, 0.3) is 11.7 Å². The van der Waals surface area contributed by atoms with Crippen molar-refractivity contribution < 1.29 is 18.8 Å². The zero-order chi connectivity index (χ0) is 21.3. The van der Waals surface area contributed by atoms with E-state index >= 15 is 0 Å². The summed E-state index contributed by atoms with van der Waals surface area (Å²) >= 11 is 0. The molecule has 1 saturated heterocycles. The summed E-state index contributed by atoms with van der Waals surface area (Å²) in [5, 5.41) is 3.41. The van der Waals surface area contributed by atoms with Gasteiger partial charge in [0.15, 0.2) is 0 Å².